The normalized spacial score (nSPS) is 11.1. The first-order valence-electron chi connectivity index (χ1n) is 7.25. The summed E-state index contributed by atoms with van der Waals surface area (Å²) in [5.41, 5.74) is 1.79. The number of rotatable bonds is 5. The second-order valence-electron chi connectivity index (χ2n) is 5.26. The number of hydrogen-bond acceptors (Lipinski definition) is 4. The average molecular weight is 548 g/mol. The van der Waals surface area contributed by atoms with Crippen LogP contribution >= 0.6 is 45.2 Å². The zero-order chi connectivity index (χ0) is 17.3. The average Bonchev–Trinajstić information content (AvgIpc) is 2.95. The fourth-order valence-corrected chi connectivity index (χ4v) is 4.32. The van der Waals surface area contributed by atoms with E-state index < -0.39 is 0 Å². The van der Waals surface area contributed by atoms with E-state index in [0.29, 0.717) is 42.6 Å². The number of furan rings is 1. The summed E-state index contributed by atoms with van der Waals surface area (Å²) in [5, 5.41) is 10.7. The summed E-state index contributed by atoms with van der Waals surface area (Å²) in [7, 11) is 1.62. The fraction of sp³-hybridized carbons (Fsp3) is 0.167. The van der Waals surface area contributed by atoms with Crippen LogP contribution in [0.15, 0.2) is 40.8 Å². The minimum absolute atomic E-state index is 0.109. The quantitative estimate of drug-likeness (QED) is 0.369. The molecule has 24 heavy (non-hydrogen) atoms. The number of hydrogen-bond donors (Lipinski definition) is 1. The van der Waals surface area contributed by atoms with Crippen LogP contribution in [0.5, 0.6) is 5.75 Å². The van der Waals surface area contributed by atoms with Gasteiger partial charge in [0.1, 0.15) is 17.1 Å². The van der Waals surface area contributed by atoms with Crippen LogP contribution in [0.4, 0.5) is 0 Å². The van der Waals surface area contributed by atoms with Gasteiger partial charge in [-0.05, 0) is 63.4 Å². The van der Waals surface area contributed by atoms with E-state index in [0.717, 1.165) is 5.39 Å². The molecule has 0 radical (unpaired) electrons. The van der Waals surface area contributed by atoms with E-state index >= 15 is 0 Å². The Kier molecular flexibility index (Phi) is 5.46. The van der Waals surface area contributed by atoms with Crippen LogP contribution in [0.3, 0.4) is 0 Å². The lowest BCUT2D eigenvalue weighted by Crippen LogP contribution is -2.06. The van der Waals surface area contributed by atoms with Crippen LogP contribution in [0, 0.1) is 7.14 Å². The van der Waals surface area contributed by atoms with Crippen molar-refractivity contribution in [2.75, 3.05) is 13.7 Å². The molecular weight excluding hydrogens is 534 g/mol. The molecule has 1 heterocycles. The Balaban J connectivity index is 2.15. The molecule has 0 aliphatic carbocycles. The van der Waals surface area contributed by atoms with Crippen molar-refractivity contribution in [1.82, 2.24) is 0 Å². The van der Waals surface area contributed by atoms with E-state index in [-0.39, 0.29) is 11.5 Å². The molecule has 1 N–H and O–H groups in total. The highest BCUT2D eigenvalue weighted by molar-refractivity contribution is 14.1. The van der Waals surface area contributed by atoms with E-state index in [4.69, 9.17) is 9.15 Å². The zero-order valence-corrected chi connectivity index (χ0v) is 17.1. The maximum atomic E-state index is 13.1. The van der Waals surface area contributed by atoms with Gasteiger partial charge in [-0.25, -0.2) is 0 Å². The molecule has 2 aromatic carbocycles. The minimum Gasteiger partial charge on any atom is -0.506 e. The summed E-state index contributed by atoms with van der Waals surface area (Å²) in [6.07, 6.45) is 0.526. The first-order valence-corrected chi connectivity index (χ1v) is 9.40. The first kappa shape index (κ1) is 17.7. The van der Waals surface area contributed by atoms with Gasteiger partial charge in [0.2, 0.25) is 0 Å². The standard InChI is InChI=1S/C18H14I2O4/c1-23-7-6-15-16(11-4-2-3-5-14(11)24-15)17(21)10-8-12(19)18(22)13(20)9-10/h2-5,8-9,22H,6-7H2,1H3. The number of para-hydroxylation sites is 1. The highest BCUT2D eigenvalue weighted by Gasteiger charge is 2.23. The summed E-state index contributed by atoms with van der Waals surface area (Å²) >= 11 is 4.05. The maximum Gasteiger partial charge on any atom is 0.197 e. The Morgan fingerprint density at radius 3 is 2.54 bits per heavy atom. The molecule has 0 amide bonds. The van der Waals surface area contributed by atoms with Crippen molar-refractivity contribution in [2.45, 2.75) is 6.42 Å². The van der Waals surface area contributed by atoms with Crippen LogP contribution < -0.4 is 0 Å². The largest absolute Gasteiger partial charge is 0.506 e. The lowest BCUT2D eigenvalue weighted by Gasteiger charge is -2.06. The molecule has 0 unspecified atom stereocenters. The summed E-state index contributed by atoms with van der Waals surface area (Å²) in [5.74, 6) is 0.715. The lowest BCUT2D eigenvalue weighted by atomic mass is 9.99. The number of phenols is 1. The second kappa shape index (κ2) is 7.40. The maximum absolute atomic E-state index is 13.1. The van der Waals surface area contributed by atoms with Crippen molar-refractivity contribution in [1.29, 1.82) is 0 Å². The molecule has 0 spiro atoms. The number of fused-ring (bicyclic) bond motifs is 1. The molecule has 124 valence electrons. The number of methoxy groups -OCH3 is 1. The highest BCUT2D eigenvalue weighted by Crippen LogP contribution is 2.32. The fourth-order valence-electron chi connectivity index (χ4n) is 2.56. The molecule has 0 aliphatic heterocycles. The molecule has 0 aliphatic rings. The third-order valence-corrected chi connectivity index (χ3v) is 5.35. The Bertz CT molecular complexity index is 892. The van der Waals surface area contributed by atoms with E-state index in [1.54, 1.807) is 19.2 Å². The van der Waals surface area contributed by atoms with E-state index in [1.807, 2.05) is 69.4 Å². The molecule has 0 fully saturated rings. The van der Waals surface area contributed by atoms with Crippen molar-refractivity contribution >= 4 is 61.9 Å². The van der Waals surface area contributed by atoms with Gasteiger partial charge in [0.25, 0.3) is 0 Å². The molecule has 4 nitrogen and oxygen atoms in total. The molecule has 1 aromatic heterocycles. The molecule has 3 aromatic rings. The molecule has 0 saturated carbocycles. The van der Waals surface area contributed by atoms with Gasteiger partial charge in [-0.15, -0.1) is 0 Å². The number of benzene rings is 2. The van der Waals surface area contributed by atoms with Crippen molar-refractivity contribution in [2.24, 2.45) is 0 Å². The molecule has 3 rings (SSSR count). The number of halogens is 2. The van der Waals surface area contributed by atoms with Crippen molar-refractivity contribution < 1.29 is 19.1 Å². The third-order valence-electron chi connectivity index (χ3n) is 3.71. The van der Waals surface area contributed by atoms with Gasteiger partial charge in [0, 0.05) is 24.5 Å². The van der Waals surface area contributed by atoms with Crippen LogP contribution in [0.25, 0.3) is 11.0 Å². The summed E-state index contributed by atoms with van der Waals surface area (Å²) in [6.45, 7) is 0.477. The Labute approximate surface area is 166 Å². The van der Waals surface area contributed by atoms with Gasteiger partial charge < -0.3 is 14.3 Å². The number of ketones is 1. The van der Waals surface area contributed by atoms with Gasteiger partial charge in [-0.1, -0.05) is 18.2 Å². The zero-order valence-electron chi connectivity index (χ0n) is 12.8. The van der Waals surface area contributed by atoms with Gasteiger partial charge in [-0.2, -0.15) is 0 Å². The Hall–Kier alpha value is -1.13. The summed E-state index contributed by atoms with van der Waals surface area (Å²) in [6, 6.07) is 10.9. The van der Waals surface area contributed by atoms with Crippen LogP contribution in [-0.2, 0) is 11.2 Å². The van der Waals surface area contributed by atoms with E-state index in [1.165, 1.54) is 0 Å². The van der Waals surface area contributed by atoms with Gasteiger partial charge >= 0.3 is 0 Å². The van der Waals surface area contributed by atoms with Gasteiger partial charge in [0.15, 0.2) is 5.78 Å². The monoisotopic (exact) mass is 548 g/mol. The number of ether oxygens (including phenoxy) is 1. The first-order chi connectivity index (χ1) is 11.5. The predicted octanol–water partition coefficient (Wildman–Crippen LogP) is 4.77. The van der Waals surface area contributed by atoms with Gasteiger partial charge in [-0.3, -0.25) is 4.79 Å². The smallest absolute Gasteiger partial charge is 0.197 e. The van der Waals surface area contributed by atoms with E-state index in [2.05, 4.69) is 0 Å². The van der Waals surface area contributed by atoms with Crippen molar-refractivity contribution in [3.8, 4) is 5.75 Å². The number of phenolic OH excluding ortho intramolecular Hbond substituents is 1. The molecule has 6 heteroatoms. The summed E-state index contributed by atoms with van der Waals surface area (Å²) < 4.78 is 12.3. The van der Waals surface area contributed by atoms with E-state index in [9.17, 15) is 9.90 Å². The summed E-state index contributed by atoms with van der Waals surface area (Å²) in [4.78, 5) is 13.1. The molecular formula is C18H14I2O4. The van der Waals surface area contributed by atoms with Crippen LogP contribution in [0.2, 0.25) is 0 Å². The van der Waals surface area contributed by atoms with Gasteiger partial charge in [0.05, 0.1) is 19.3 Å². The molecule has 0 bridgehead atoms. The van der Waals surface area contributed by atoms with Crippen LogP contribution in [0.1, 0.15) is 21.7 Å². The third kappa shape index (κ3) is 3.31. The Morgan fingerprint density at radius 1 is 1.21 bits per heavy atom. The van der Waals surface area contributed by atoms with Crippen molar-refractivity contribution in [3.05, 3.63) is 60.4 Å². The Morgan fingerprint density at radius 2 is 1.88 bits per heavy atom. The SMILES string of the molecule is COCCc1oc2ccccc2c1C(=O)c1cc(I)c(O)c(I)c1. The second-order valence-corrected chi connectivity index (χ2v) is 7.58. The number of aromatic hydroxyl groups is 1. The number of carbonyl (C=O) groups excluding carboxylic acids is 1. The molecule has 0 atom stereocenters. The van der Waals surface area contributed by atoms with Crippen molar-refractivity contribution in [3.63, 3.8) is 0 Å². The highest BCUT2D eigenvalue weighted by atomic mass is 127. The minimum atomic E-state index is -0.109. The lowest BCUT2D eigenvalue weighted by molar-refractivity contribution is 0.103. The topological polar surface area (TPSA) is 59.7 Å². The molecule has 0 saturated heterocycles. The number of carbonyl (C=O) groups is 1. The predicted molar refractivity (Wildman–Crippen MR) is 109 cm³/mol. The van der Waals surface area contributed by atoms with Crippen LogP contribution in [-0.4, -0.2) is 24.6 Å².